The molecule has 94 valence electrons. The minimum Gasteiger partial charge on any atom is -0.495 e. The van der Waals surface area contributed by atoms with E-state index in [9.17, 15) is 0 Å². The third kappa shape index (κ3) is 3.00. The Labute approximate surface area is 108 Å². The lowest BCUT2D eigenvalue weighted by atomic mass is 10.1. The average molecular weight is 242 g/mol. The van der Waals surface area contributed by atoms with E-state index in [1.165, 1.54) is 0 Å². The van der Waals surface area contributed by atoms with Crippen LogP contribution in [0.15, 0.2) is 42.6 Å². The lowest BCUT2D eigenvalue weighted by Crippen LogP contribution is -2.09. The molecule has 3 heteroatoms. The first-order valence-corrected chi connectivity index (χ1v) is 6.06. The monoisotopic (exact) mass is 242 g/mol. The number of pyridine rings is 1. The van der Waals surface area contributed by atoms with Crippen molar-refractivity contribution in [3.05, 3.63) is 42.6 Å². The summed E-state index contributed by atoms with van der Waals surface area (Å²) in [6.45, 7) is 4.25. The van der Waals surface area contributed by atoms with E-state index >= 15 is 0 Å². The van der Waals surface area contributed by atoms with Crippen LogP contribution in [0.5, 0.6) is 5.75 Å². The van der Waals surface area contributed by atoms with Gasteiger partial charge in [-0.2, -0.15) is 0 Å². The van der Waals surface area contributed by atoms with Gasteiger partial charge in [0, 0.05) is 17.3 Å². The first-order chi connectivity index (χ1) is 8.69. The molecule has 3 nitrogen and oxygen atoms in total. The van der Waals surface area contributed by atoms with E-state index in [1.54, 1.807) is 13.3 Å². The van der Waals surface area contributed by atoms with E-state index in [2.05, 4.69) is 48.4 Å². The van der Waals surface area contributed by atoms with Gasteiger partial charge in [0.2, 0.25) is 0 Å². The van der Waals surface area contributed by atoms with E-state index in [0.29, 0.717) is 6.04 Å². The molecule has 2 aromatic rings. The Hall–Kier alpha value is -2.03. The highest BCUT2D eigenvalue weighted by Gasteiger charge is 2.01. The van der Waals surface area contributed by atoms with E-state index in [-0.39, 0.29) is 0 Å². The fraction of sp³-hybridized carbons (Fsp3) is 0.267. The Kier molecular flexibility index (Phi) is 3.82. The number of benzene rings is 1. The zero-order valence-corrected chi connectivity index (χ0v) is 11.0. The summed E-state index contributed by atoms with van der Waals surface area (Å²) in [5.41, 5.74) is 3.18. The molecule has 18 heavy (non-hydrogen) atoms. The van der Waals surface area contributed by atoms with Crippen LogP contribution < -0.4 is 10.1 Å². The number of methoxy groups -OCH3 is 1. The summed E-state index contributed by atoms with van der Waals surface area (Å²) in [6.07, 6.45) is 1.73. The lowest BCUT2D eigenvalue weighted by Gasteiger charge is -2.10. The van der Waals surface area contributed by atoms with Crippen LogP contribution in [0.3, 0.4) is 0 Å². The molecule has 0 radical (unpaired) electrons. The van der Waals surface area contributed by atoms with Crippen molar-refractivity contribution in [2.75, 3.05) is 12.4 Å². The molecular weight excluding hydrogens is 224 g/mol. The summed E-state index contributed by atoms with van der Waals surface area (Å²) in [4.78, 5) is 4.36. The van der Waals surface area contributed by atoms with Crippen LogP contribution >= 0.6 is 0 Å². The largest absolute Gasteiger partial charge is 0.495 e. The van der Waals surface area contributed by atoms with Gasteiger partial charge in [-0.1, -0.05) is 12.1 Å². The third-order valence-corrected chi connectivity index (χ3v) is 2.61. The number of hydrogen-bond donors (Lipinski definition) is 1. The van der Waals surface area contributed by atoms with Crippen LogP contribution in [-0.4, -0.2) is 18.1 Å². The molecule has 0 saturated carbocycles. The van der Waals surface area contributed by atoms with Gasteiger partial charge in [0.05, 0.1) is 19.0 Å². The number of aromatic nitrogens is 1. The summed E-state index contributed by atoms with van der Waals surface area (Å²) in [5, 5.41) is 3.36. The van der Waals surface area contributed by atoms with Gasteiger partial charge in [-0.15, -0.1) is 0 Å². The molecule has 0 aliphatic carbocycles. The van der Waals surface area contributed by atoms with Crippen LogP contribution in [-0.2, 0) is 0 Å². The molecule has 0 fully saturated rings. The van der Waals surface area contributed by atoms with Crippen molar-refractivity contribution in [1.29, 1.82) is 0 Å². The molecule has 1 heterocycles. The maximum atomic E-state index is 5.10. The maximum absolute atomic E-state index is 5.10. The highest BCUT2D eigenvalue weighted by atomic mass is 16.5. The molecule has 0 spiro atoms. The fourth-order valence-corrected chi connectivity index (χ4v) is 1.74. The number of nitrogens with zero attached hydrogens (tertiary/aromatic N) is 1. The van der Waals surface area contributed by atoms with Crippen molar-refractivity contribution in [3.63, 3.8) is 0 Å². The second kappa shape index (κ2) is 5.54. The van der Waals surface area contributed by atoms with Crippen LogP contribution in [0.1, 0.15) is 13.8 Å². The van der Waals surface area contributed by atoms with Gasteiger partial charge in [-0.25, -0.2) is 0 Å². The Morgan fingerprint density at radius 1 is 1.06 bits per heavy atom. The number of nitrogens with one attached hydrogen (secondary N) is 1. The van der Waals surface area contributed by atoms with Crippen molar-refractivity contribution in [3.8, 4) is 17.0 Å². The zero-order valence-electron chi connectivity index (χ0n) is 11.0. The van der Waals surface area contributed by atoms with Crippen molar-refractivity contribution in [1.82, 2.24) is 4.98 Å². The van der Waals surface area contributed by atoms with Crippen molar-refractivity contribution < 1.29 is 4.74 Å². The van der Waals surface area contributed by atoms with E-state index in [0.717, 1.165) is 22.7 Å². The van der Waals surface area contributed by atoms with Gasteiger partial charge in [0.25, 0.3) is 0 Å². The fourth-order valence-electron chi connectivity index (χ4n) is 1.74. The summed E-state index contributed by atoms with van der Waals surface area (Å²) in [7, 11) is 1.64. The van der Waals surface area contributed by atoms with Crippen LogP contribution in [0.25, 0.3) is 11.3 Å². The van der Waals surface area contributed by atoms with Crippen molar-refractivity contribution >= 4 is 5.69 Å². The van der Waals surface area contributed by atoms with Gasteiger partial charge < -0.3 is 10.1 Å². The number of rotatable bonds is 4. The number of hydrogen-bond acceptors (Lipinski definition) is 3. The van der Waals surface area contributed by atoms with E-state index < -0.39 is 0 Å². The van der Waals surface area contributed by atoms with Crippen molar-refractivity contribution in [2.24, 2.45) is 0 Å². The number of anilines is 1. The smallest absolute Gasteiger partial charge is 0.137 e. The van der Waals surface area contributed by atoms with Gasteiger partial charge in [0.15, 0.2) is 0 Å². The standard InChI is InChI=1S/C15H18N2O/c1-11(2)17-13-6-4-12(5-7-13)15-9-8-14(18-3)10-16-15/h4-11,17H,1-3H3. The van der Waals surface area contributed by atoms with Crippen LogP contribution in [0.4, 0.5) is 5.69 Å². The lowest BCUT2D eigenvalue weighted by molar-refractivity contribution is 0.413. The molecule has 1 aromatic carbocycles. The first kappa shape index (κ1) is 12.4. The Bertz CT molecular complexity index is 489. The Balaban J connectivity index is 2.17. The normalized spacial score (nSPS) is 10.4. The molecule has 0 saturated heterocycles. The molecular formula is C15H18N2O. The Morgan fingerprint density at radius 2 is 1.78 bits per heavy atom. The molecule has 0 atom stereocenters. The quantitative estimate of drug-likeness (QED) is 0.889. The summed E-state index contributed by atoms with van der Waals surface area (Å²) in [5.74, 6) is 0.775. The molecule has 1 aromatic heterocycles. The Morgan fingerprint density at radius 3 is 2.28 bits per heavy atom. The highest BCUT2D eigenvalue weighted by Crippen LogP contribution is 2.21. The molecule has 2 rings (SSSR count). The third-order valence-electron chi connectivity index (χ3n) is 2.61. The molecule has 1 N–H and O–H groups in total. The average Bonchev–Trinajstić information content (AvgIpc) is 2.39. The summed E-state index contributed by atoms with van der Waals surface area (Å²) in [6, 6.07) is 12.6. The topological polar surface area (TPSA) is 34.1 Å². The highest BCUT2D eigenvalue weighted by molar-refractivity contribution is 5.63. The van der Waals surface area contributed by atoms with Crippen molar-refractivity contribution in [2.45, 2.75) is 19.9 Å². The predicted octanol–water partition coefficient (Wildman–Crippen LogP) is 3.58. The minimum atomic E-state index is 0.440. The number of ether oxygens (including phenoxy) is 1. The second-order valence-electron chi connectivity index (χ2n) is 4.46. The first-order valence-electron chi connectivity index (χ1n) is 6.06. The molecule has 0 bridgehead atoms. The summed E-state index contributed by atoms with van der Waals surface area (Å²) >= 11 is 0. The molecule has 0 aliphatic heterocycles. The van der Waals surface area contributed by atoms with Gasteiger partial charge in [-0.3, -0.25) is 4.98 Å². The summed E-state index contributed by atoms with van der Waals surface area (Å²) < 4.78 is 5.10. The second-order valence-corrected chi connectivity index (χ2v) is 4.46. The van der Waals surface area contributed by atoms with Gasteiger partial charge >= 0.3 is 0 Å². The van der Waals surface area contributed by atoms with Gasteiger partial charge in [-0.05, 0) is 38.1 Å². The molecule has 0 amide bonds. The molecule has 0 aliphatic rings. The van der Waals surface area contributed by atoms with Gasteiger partial charge in [0.1, 0.15) is 5.75 Å². The zero-order chi connectivity index (χ0) is 13.0. The SMILES string of the molecule is COc1ccc(-c2ccc(NC(C)C)cc2)nc1. The minimum absolute atomic E-state index is 0.440. The van der Waals surface area contributed by atoms with E-state index in [4.69, 9.17) is 4.74 Å². The molecule has 0 unspecified atom stereocenters. The predicted molar refractivity (Wildman–Crippen MR) is 75.0 cm³/mol. The maximum Gasteiger partial charge on any atom is 0.137 e. The van der Waals surface area contributed by atoms with Crippen LogP contribution in [0, 0.1) is 0 Å². The van der Waals surface area contributed by atoms with E-state index in [1.807, 2.05) is 12.1 Å². The van der Waals surface area contributed by atoms with Crippen LogP contribution in [0.2, 0.25) is 0 Å².